The Bertz CT molecular complexity index is 1560. The molecule has 2 aromatic carbocycles. The van der Waals surface area contributed by atoms with Gasteiger partial charge in [-0.3, -0.25) is 0 Å². The highest BCUT2D eigenvalue weighted by atomic mass is 16.5. The monoisotopic (exact) mass is 656 g/mol. The van der Waals surface area contributed by atoms with Crippen LogP contribution in [0.4, 0.5) is 0 Å². The van der Waals surface area contributed by atoms with E-state index in [1.807, 2.05) is 24.5 Å². The maximum atomic E-state index is 11.4. The lowest BCUT2D eigenvalue weighted by Gasteiger charge is -2.45. The SMILES string of the molecule is COc1c(O)c(O)cc([C@@H]2C[C@H](O)[C@@H]3CC[C@@H](c4ccc(O)c([C@H]5C=CC[C@H](CCNC6CCCC6)C5)c4)C[C@@H]3O2)c1Cc1cc[nH]c1. The lowest BCUT2D eigenvalue weighted by molar-refractivity contribution is -0.154. The van der Waals surface area contributed by atoms with Crippen LogP contribution in [0, 0.1) is 11.8 Å². The first-order valence-electron chi connectivity index (χ1n) is 18.2. The minimum absolute atomic E-state index is 0.0368. The fraction of sp³-hybridized carbons (Fsp3) is 0.550. The van der Waals surface area contributed by atoms with Crippen LogP contribution in [-0.2, 0) is 11.2 Å². The van der Waals surface area contributed by atoms with E-state index in [4.69, 9.17) is 9.47 Å². The molecule has 1 aliphatic heterocycles. The first-order chi connectivity index (χ1) is 23.4. The van der Waals surface area contributed by atoms with Gasteiger partial charge >= 0.3 is 0 Å². The molecular weight excluding hydrogens is 604 g/mol. The molecule has 4 aliphatic rings. The van der Waals surface area contributed by atoms with Crippen LogP contribution in [0.25, 0.3) is 0 Å². The molecule has 7 atom stereocenters. The van der Waals surface area contributed by atoms with Gasteiger partial charge in [-0.2, -0.15) is 0 Å². The molecule has 48 heavy (non-hydrogen) atoms. The van der Waals surface area contributed by atoms with Gasteiger partial charge in [0.1, 0.15) is 5.75 Å². The second kappa shape index (κ2) is 14.6. The summed E-state index contributed by atoms with van der Waals surface area (Å²) < 4.78 is 12.4. The molecule has 7 rings (SSSR count). The molecule has 8 heteroatoms. The summed E-state index contributed by atoms with van der Waals surface area (Å²) in [5, 5.41) is 47.5. The third-order valence-corrected chi connectivity index (χ3v) is 11.8. The van der Waals surface area contributed by atoms with Gasteiger partial charge in [-0.05, 0) is 105 Å². The lowest BCUT2D eigenvalue weighted by Crippen LogP contribution is -2.44. The van der Waals surface area contributed by atoms with E-state index in [1.54, 1.807) is 6.07 Å². The summed E-state index contributed by atoms with van der Waals surface area (Å²) in [6.45, 7) is 1.07. The molecule has 6 N–H and O–H groups in total. The summed E-state index contributed by atoms with van der Waals surface area (Å²) in [5.74, 6) is 1.15. The Morgan fingerprint density at radius 1 is 0.958 bits per heavy atom. The Kier molecular flexibility index (Phi) is 10.0. The number of rotatable bonds is 10. The summed E-state index contributed by atoms with van der Waals surface area (Å²) in [4.78, 5) is 3.08. The Morgan fingerprint density at radius 3 is 2.60 bits per heavy atom. The largest absolute Gasteiger partial charge is 0.508 e. The Morgan fingerprint density at radius 2 is 1.81 bits per heavy atom. The zero-order valence-corrected chi connectivity index (χ0v) is 28.1. The van der Waals surface area contributed by atoms with Gasteiger partial charge < -0.3 is 40.2 Å². The molecule has 0 amide bonds. The highest BCUT2D eigenvalue weighted by Gasteiger charge is 2.43. The van der Waals surface area contributed by atoms with Crippen molar-refractivity contribution in [3.05, 3.63) is 82.7 Å². The number of nitrogens with one attached hydrogen (secondary N) is 2. The molecule has 0 radical (unpaired) electrons. The van der Waals surface area contributed by atoms with Crippen molar-refractivity contribution in [1.82, 2.24) is 10.3 Å². The van der Waals surface area contributed by atoms with E-state index in [1.165, 1.54) is 44.8 Å². The number of aliphatic hydroxyl groups excluding tert-OH is 1. The number of aromatic nitrogens is 1. The van der Waals surface area contributed by atoms with Gasteiger partial charge in [0.25, 0.3) is 0 Å². The van der Waals surface area contributed by atoms with Crippen molar-refractivity contribution in [1.29, 1.82) is 0 Å². The van der Waals surface area contributed by atoms with Crippen LogP contribution in [0.15, 0.2) is 54.9 Å². The number of fused-ring (bicyclic) bond motifs is 1. The minimum atomic E-state index is -0.542. The molecule has 2 heterocycles. The highest BCUT2D eigenvalue weighted by Crippen LogP contribution is 2.50. The van der Waals surface area contributed by atoms with Crippen LogP contribution in [0.1, 0.15) is 116 Å². The van der Waals surface area contributed by atoms with Crippen molar-refractivity contribution in [3.8, 4) is 23.0 Å². The van der Waals surface area contributed by atoms with Crippen LogP contribution < -0.4 is 10.1 Å². The number of H-pyrrole nitrogens is 1. The first-order valence-corrected chi connectivity index (χ1v) is 18.2. The van der Waals surface area contributed by atoms with Crippen molar-refractivity contribution in [2.24, 2.45) is 11.8 Å². The summed E-state index contributed by atoms with van der Waals surface area (Å²) in [5.41, 5.74) is 4.72. The predicted molar refractivity (Wildman–Crippen MR) is 186 cm³/mol. The summed E-state index contributed by atoms with van der Waals surface area (Å²) in [6.07, 6.45) is 19.3. The maximum absolute atomic E-state index is 11.4. The number of hydrogen-bond acceptors (Lipinski definition) is 7. The molecule has 0 bridgehead atoms. The molecule has 3 aromatic rings. The third-order valence-electron chi connectivity index (χ3n) is 11.8. The number of phenols is 3. The second-order valence-electron chi connectivity index (χ2n) is 14.8. The van der Waals surface area contributed by atoms with E-state index in [0.717, 1.165) is 60.9 Å². The van der Waals surface area contributed by atoms with Crippen LogP contribution in [0.2, 0.25) is 0 Å². The van der Waals surface area contributed by atoms with Crippen molar-refractivity contribution in [3.63, 3.8) is 0 Å². The standard InChI is InChI=1S/C40H52N2O6/c1-47-40-33(18-25-13-15-41-23-25)32(21-36(45)39(40)46)38-22-35(44)30-11-9-27(20-37(30)48-38)26-10-12-34(43)31(19-26)28-6-4-5-24(17-28)14-16-42-29-7-2-3-8-29/h4,6,10,12-13,15,19,21,23-24,27-30,35,37-38,41-46H,2-3,5,7-9,11,14,16-18,20,22H2,1H3/t24-,27-,28+,30+,35+,37+,38+/m1/s1. The van der Waals surface area contributed by atoms with E-state index in [9.17, 15) is 20.4 Å². The number of benzene rings is 2. The van der Waals surface area contributed by atoms with Crippen molar-refractivity contribution in [2.75, 3.05) is 13.7 Å². The van der Waals surface area contributed by atoms with Crippen molar-refractivity contribution >= 4 is 0 Å². The van der Waals surface area contributed by atoms with Crippen LogP contribution in [0.5, 0.6) is 23.0 Å². The number of phenolic OH excluding ortho intramolecular Hbond substituents is 3. The van der Waals surface area contributed by atoms with E-state index in [2.05, 4.69) is 34.6 Å². The molecule has 8 nitrogen and oxygen atoms in total. The maximum Gasteiger partial charge on any atom is 0.200 e. The average Bonchev–Trinajstić information content (AvgIpc) is 3.82. The number of aromatic hydroxyl groups is 3. The highest BCUT2D eigenvalue weighted by molar-refractivity contribution is 5.59. The Labute approximate surface area is 284 Å². The fourth-order valence-corrected chi connectivity index (χ4v) is 9.15. The Balaban J connectivity index is 1.07. The quantitative estimate of drug-likeness (QED) is 0.0987. The molecule has 0 spiro atoms. The van der Waals surface area contributed by atoms with Crippen molar-refractivity contribution < 1.29 is 29.9 Å². The first kappa shape index (κ1) is 33.1. The Hall–Kier alpha value is -3.46. The zero-order valence-electron chi connectivity index (χ0n) is 28.1. The molecule has 258 valence electrons. The van der Waals surface area contributed by atoms with Crippen LogP contribution in [0.3, 0.4) is 0 Å². The van der Waals surface area contributed by atoms with Gasteiger partial charge in [-0.15, -0.1) is 0 Å². The van der Waals surface area contributed by atoms with E-state index < -0.39 is 12.2 Å². The van der Waals surface area contributed by atoms with Crippen LogP contribution in [-0.4, -0.2) is 57.3 Å². The number of aliphatic hydroxyl groups is 1. The number of ether oxygens (including phenoxy) is 2. The second-order valence-corrected chi connectivity index (χ2v) is 14.8. The van der Waals surface area contributed by atoms with E-state index in [-0.39, 0.29) is 41.1 Å². The molecule has 1 aromatic heterocycles. The topological polar surface area (TPSA) is 127 Å². The summed E-state index contributed by atoms with van der Waals surface area (Å²) in [6, 6.07) is 10.4. The number of hydrogen-bond donors (Lipinski definition) is 6. The zero-order chi connectivity index (χ0) is 33.2. The molecule has 3 fully saturated rings. The van der Waals surface area contributed by atoms with Gasteiger partial charge in [-0.1, -0.05) is 37.1 Å². The van der Waals surface area contributed by atoms with Gasteiger partial charge in [0.05, 0.1) is 25.4 Å². The number of methoxy groups -OCH3 is 1. The van der Waals surface area contributed by atoms with Gasteiger partial charge in [0, 0.05) is 54.2 Å². The molecule has 2 saturated carbocycles. The van der Waals surface area contributed by atoms with Gasteiger partial charge in [0.2, 0.25) is 5.75 Å². The summed E-state index contributed by atoms with van der Waals surface area (Å²) in [7, 11) is 1.49. The fourth-order valence-electron chi connectivity index (χ4n) is 9.15. The third kappa shape index (κ3) is 6.98. The lowest BCUT2D eigenvalue weighted by atomic mass is 9.71. The smallest absolute Gasteiger partial charge is 0.200 e. The van der Waals surface area contributed by atoms with Gasteiger partial charge in [-0.25, -0.2) is 0 Å². The summed E-state index contributed by atoms with van der Waals surface area (Å²) >= 11 is 0. The van der Waals surface area contributed by atoms with Gasteiger partial charge in [0.15, 0.2) is 11.5 Å². The van der Waals surface area contributed by atoms with Crippen LogP contribution >= 0.6 is 0 Å². The predicted octanol–water partition coefficient (Wildman–Crippen LogP) is 7.48. The van der Waals surface area contributed by atoms with E-state index >= 15 is 0 Å². The van der Waals surface area contributed by atoms with E-state index in [0.29, 0.717) is 30.6 Å². The molecule has 3 aliphatic carbocycles. The number of allylic oxidation sites excluding steroid dienone is 2. The normalized spacial score (nSPS) is 29.2. The molecule has 1 saturated heterocycles. The number of aromatic amines is 1. The average molecular weight is 657 g/mol. The molecule has 0 unspecified atom stereocenters. The minimum Gasteiger partial charge on any atom is -0.508 e. The molecular formula is C40H52N2O6. The van der Waals surface area contributed by atoms with Crippen molar-refractivity contribution in [2.45, 2.75) is 113 Å².